The number of hydrogen-bond donors (Lipinski definition) is 1. The van der Waals surface area contributed by atoms with E-state index in [9.17, 15) is 8.42 Å². The Morgan fingerprint density at radius 3 is 2.27 bits per heavy atom. The van der Waals surface area contributed by atoms with E-state index in [1.165, 1.54) is 14.2 Å². The van der Waals surface area contributed by atoms with E-state index in [4.69, 9.17) is 14.6 Å². The van der Waals surface area contributed by atoms with Crippen LogP contribution in [-0.2, 0) is 15.8 Å². The van der Waals surface area contributed by atoms with Gasteiger partial charge in [-0.25, -0.2) is 13.6 Å². The topological polar surface area (TPSA) is 78.6 Å². The van der Waals surface area contributed by atoms with Gasteiger partial charge in [0.05, 0.1) is 20.0 Å². The molecule has 0 aliphatic carbocycles. The minimum absolute atomic E-state index is 0.215. The summed E-state index contributed by atoms with van der Waals surface area (Å²) in [7, 11) is -0.522. The number of hydrogen-bond acceptors (Lipinski definition) is 4. The summed E-state index contributed by atoms with van der Waals surface area (Å²) in [5, 5.41) is 4.93. The fraction of sp³-hybridized carbons (Fsp3) is 0.333. The number of primary sulfonamides is 1. The summed E-state index contributed by atoms with van der Waals surface area (Å²) in [6.45, 7) is 0. The zero-order valence-corrected chi connectivity index (χ0v) is 9.37. The Kier molecular flexibility index (Phi) is 3.54. The van der Waals surface area contributed by atoms with Gasteiger partial charge in [-0.15, -0.1) is 0 Å². The van der Waals surface area contributed by atoms with Gasteiger partial charge in [-0.05, 0) is 17.7 Å². The number of benzene rings is 1. The van der Waals surface area contributed by atoms with Gasteiger partial charge in [0.2, 0.25) is 10.0 Å². The minimum Gasteiger partial charge on any atom is -0.493 e. The minimum atomic E-state index is -3.52. The predicted molar refractivity (Wildman–Crippen MR) is 56.4 cm³/mol. The van der Waals surface area contributed by atoms with Crippen LogP contribution in [0.1, 0.15) is 5.56 Å². The highest BCUT2D eigenvalue weighted by molar-refractivity contribution is 7.88. The van der Waals surface area contributed by atoms with Crippen LogP contribution in [0.15, 0.2) is 18.2 Å². The monoisotopic (exact) mass is 231 g/mol. The molecule has 0 amide bonds. The van der Waals surface area contributed by atoms with E-state index in [1.54, 1.807) is 18.2 Å². The van der Waals surface area contributed by atoms with Crippen LogP contribution in [-0.4, -0.2) is 22.6 Å². The molecule has 0 radical (unpaired) electrons. The number of rotatable bonds is 4. The van der Waals surface area contributed by atoms with Gasteiger partial charge in [-0.2, -0.15) is 0 Å². The Bertz CT molecular complexity index is 441. The molecule has 0 unspecified atom stereocenters. The average Bonchev–Trinajstić information content (AvgIpc) is 2.15. The quantitative estimate of drug-likeness (QED) is 0.818. The fourth-order valence-corrected chi connectivity index (χ4v) is 1.85. The third-order valence-corrected chi connectivity index (χ3v) is 2.55. The molecule has 1 aromatic rings. The highest BCUT2D eigenvalue weighted by Gasteiger charge is 2.09. The van der Waals surface area contributed by atoms with E-state index < -0.39 is 10.0 Å². The van der Waals surface area contributed by atoms with Crippen molar-refractivity contribution in [2.24, 2.45) is 5.14 Å². The zero-order chi connectivity index (χ0) is 11.5. The average molecular weight is 231 g/mol. The Hall–Kier alpha value is -1.27. The Balaban J connectivity index is 3.03. The lowest BCUT2D eigenvalue weighted by Gasteiger charge is -2.08. The molecule has 5 nitrogen and oxygen atoms in total. The van der Waals surface area contributed by atoms with Crippen LogP contribution >= 0.6 is 0 Å². The molecule has 1 rings (SSSR count). The van der Waals surface area contributed by atoms with Gasteiger partial charge in [0, 0.05) is 0 Å². The standard InChI is InChI=1S/C9H13NO4S/c1-13-8-4-3-7(5-9(8)14-2)6-15(10,11)12/h3-5H,6H2,1-2H3,(H2,10,11,12). The van der Waals surface area contributed by atoms with Gasteiger partial charge in [-0.3, -0.25) is 0 Å². The van der Waals surface area contributed by atoms with Crippen molar-refractivity contribution in [1.29, 1.82) is 0 Å². The van der Waals surface area contributed by atoms with Gasteiger partial charge in [0.15, 0.2) is 11.5 Å². The van der Waals surface area contributed by atoms with Crippen LogP contribution in [0.2, 0.25) is 0 Å². The Morgan fingerprint density at radius 1 is 1.20 bits per heavy atom. The first-order chi connectivity index (χ1) is 6.96. The number of ether oxygens (including phenoxy) is 2. The summed E-state index contributed by atoms with van der Waals surface area (Å²) in [5.74, 6) is 0.821. The lowest BCUT2D eigenvalue weighted by molar-refractivity contribution is 0.354. The summed E-state index contributed by atoms with van der Waals surface area (Å²) in [6, 6.07) is 4.86. The van der Waals surface area contributed by atoms with Crippen LogP contribution in [0, 0.1) is 0 Å². The van der Waals surface area contributed by atoms with E-state index in [-0.39, 0.29) is 5.75 Å². The molecule has 0 aliphatic heterocycles. The van der Waals surface area contributed by atoms with Crippen molar-refractivity contribution in [3.05, 3.63) is 23.8 Å². The molecule has 0 saturated carbocycles. The summed E-state index contributed by atoms with van der Waals surface area (Å²) in [4.78, 5) is 0. The van der Waals surface area contributed by atoms with Crippen molar-refractivity contribution in [2.45, 2.75) is 5.75 Å². The zero-order valence-electron chi connectivity index (χ0n) is 8.56. The first kappa shape index (κ1) is 11.8. The molecule has 0 aromatic heterocycles. The van der Waals surface area contributed by atoms with E-state index in [1.807, 2.05) is 0 Å². The normalized spacial score (nSPS) is 11.1. The smallest absolute Gasteiger partial charge is 0.213 e. The second-order valence-electron chi connectivity index (χ2n) is 3.00. The number of sulfonamides is 1. The third kappa shape index (κ3) is 3.41. The number of nitrogens with two attached hydrogens (primary N) is 1. The SMILES string of the molecule is COc1ccc(CS(N)(=O)=O)cc1OC. The van der Waals surface area contributed by atoms with Crippen LogP contribution in [0.4, 0.5) is 0 Å². The maximum atomic E-state index is 10.9. The van der Waals surface area contributed by atoms with Crippen LogP contribution in [0.25, 0.3) is 0 Å². The van der Waals surface area contributed by atoms with Gasteiger partial charge in [-0.1, -0.05) is 6.07 Å². The van der Waals surface area contributed by atoms with Crippen molar-refractivity contribution in [2.75, 3.05) is 14.2 Å². The van der Waals surface area contributed by atoms with E-state index in [0.717, 1.165) is 0 Å². The molecule has 0 saturated heterocycles. The maximum Gasteiger partial charge on any atom is 0.213 e. The predicted octanol–water partition coefficient (Wildman–Crippen LogP) is 0.492. The first-order valence-corrected chi connectivity index (χ1v) is 5.89. The van der Waals surface area contributed by atoms with E-state index in [0.29, 0.717) is 17.1 Å². The van der Waals surface area contributed by atoms with Crippen LogP contribution in [0.3, 0.4) is 0 Å². The van der Waals surface area contributed by atoms with Crippen molar-refractivity contribution in [1.82, 2.24) is 0 Å². The summed E-state index contributed by atoms with van der Waals surface area (Å²) < 4.78 is 31.8. The van der Waals surface area contributed by atoms with Gasteiger partial charge in [0.1, 0.15) is 0 Å². The molecule has 0 fully saturated rings. The molecule has 0 aliphatic rings. The highest BCUT2D eigenvalue weighted by Crippen LogP contribution is 2.27. The first-order valence-electron chi connectivity index (χ1n) is 4.17. The van der Waals surface area contributed by atoms with Crippen molar-refractivity contribution >= 4 is 10.0 Å². The molecule has 84 valence electrons. The Labute approximate surface area is 88.9 Å². The summed E-state index contributed by atoms with van der Waals surface area (Å²) in [6.07, 6.45) is 0. The molecule has 15 heavy (non-hydrogen) atoms. The summed E-state index contributed by atoms with van der Waals surface area (Å²) >= 11 is 0. The van der Waals surface area contributed by atoms with Crippen LogP contribution in [0.5, 0.6) is 11.5 Å². The van der Waals surface area contributed by atoms with Crippen molar-refractivity contribution < 1.29 is 17.9 Å². The lowest BCUT2D eigenvalue weighted by Crippen LogP contribution is -2.14. The van der Waals surface area contributed by atoms with E-state index >= 15 is 0 Å². The summed E-state index contributed by atoms with van der Waals surface area (Å²) in [5.41, 5.74) is 0.565. The van der Waals surface area contributed by atoms with Crippen molar-refractivity contribution in [3.8, 4) is 11.5 Å². The second kappa shape index (κ2) is 4.50. The Morgan fingerprint density at radius 2 is 1.80 bits per heavy atom. The van der Waals surface area contributed by atoms with Crippen molar-refractivity contribution in [3.63, 3.8) is 0 Å². The molecular formula is C9H13NO4S. The molecule has 6 heteroatoms. The van der Waals surface area contributed by atoms with E-state index in [2.05, 4.69) is 0 Å². The van der Waals surface area contributed by atoms with Gasteiger partial charge < -0.3 is 9.47 Å². The second-order valence-corrected chi connectivity index (χ2v) is 4.61. The van der Waals surface area contributed by atoms with Gasteiger partial charge in [0.25, 0.3) is 0 Å². The fourth-order valence-electron chi connectivity index (χ4n) is 1.20. The molecule has 0 atom stereocenters. The van der Waals surface area contributed by atoms with Crippen LogP contribution < -0.4 is 14.6 Å². The van der Waals surface area contributed by atoms with Gasteiger partial charge >= 0.3 is 0 Å². The molecule has 0 bridgehead atoms. The third-order valence-electron chi connectivity index (χ3n) is 1.82. The molecule has 2 N–H and O–H groups in total. The maximum absolute atomic E-state index is 10.9. The lowest BCUT2D eigenvalue weighted by atomic mass is 10.2. The molecule has 0 heterocycles. The highest BCUT2D eigenvalue weighted by atomic mass is 32.2. The molecule has 1 aromatic carbocycles. The largest absolute Gasteiger partial charge is 0.493 e. The molecule has 0 spiro atoms. The molecular weight excluding hydrogens is 218 g/mol. The number of methoxy groups -OCH3 is 2.